The first-order chi connectivity index (χ1) is 8.31. The zero-order valence-electron chi connectivity index (χ0n) is 10.2. The molecule has 1 aliphatic rings. The van der Waals surface area contributed by atoms with Crippen molar-refractivity contribution in [2.24, 2.45) is 5.92 Å². The Bertz CT molecular complexity index is 364. The fourth-order valence-corrected chi connectivity index (χ4v) is 2.26. The number of ether oxygens (including phenoxy) is 1. The number of rotatable bonds is 5. The Morgan fingerprint density at radius 2 is 2.24 bits per heavy atom. The van der Waals surface area contributed by atoms with E-state index in [1.807, 2.05) is 0 Å². The van der Waals surface area contributed by atoms with Gasteiger partial charge in [0.2, 0.25) is 0 Å². The van der Waals surface area contributed by atoms with Crippen molar-refractivity contribution >= 4 is 0 Å². The molecule has 1 saturated carbocycles. The fourth-order valence-electron chi connectivity index (χ4n) is 2.26. The third kappa shape index (κ3) is 3.16. The zero-order valence-corrected chi connectivity index (χ0v) is 10.2. The summed E-state index contributed by atoms with van der Waals surface area (Å²) in [6.07, 6.45) is 6.52. The monoisotopic (exact) mass is 238 g/mol. The number of hydrogen-bond acceptors (Lipinski definition) is 3. The van der Waals surface area contributed by atoms with E-state index in [-0.39, 0.29) is 11.7 Å². The maximum Gasteiger partial charge on any atom is 0.250 e. The molecular weight excluding hydrogens is 219 g/mol. The number of hydrogen-bond donors (Lipinski definition) is 1. The summed E-state index contributed by atoms with van der Waals surface area (Å²) in [7, 11) is 1.79. The topological polar surface area (TPSA) is 34.2 Å². The van der Waals surface area contributed by atoms with Crippen LogP contribution in [0, 0.1) is 11.7 Å². The van der Waals surface area contributed by atoms with Gasteiger partial charge < -0.3 is 10.1 Å². The predicted octanol–water partition coefficient (Wildman–Crippen LogP) is 2.51. The van der Waals surface area contributed by atoms with E-state index < -0.39 is 0 Å². The molecule has 1 heterocycles. The second-order valence-corrected chi connectivity index (χ2v) is 4.58. The van der Waals surface area contributed by atoms with E-state index in [0.29, 0.717) is 24.6 Å². The van der Waals surface area contributed by atoms with Crippen LogP contribution in [0.2, 0.25) is 0 Å². The third-order valence-corrected chi connectivity index (χ3v) is 3.23. The molecule has 0 radical (unpaired) electrons. The number of nitrogens with zero attached hydrogens (tertiary/aromatic N) is 1. The summed E-state index contributed by atoms with van der Waals surface area (Å²) in [5, 5.41) is 2.93. The standard InChI is InChI=1S/C13H19FN2O/c1-15-8-11-6-7-16-13(12(11)14)17-9-10-4-2-3-5-10/h6-7,10,15H,2-5,8-9H2,1H3. The molecule has 0 aromatic carbocycles. The van der Waals surface area contributed by atoms with Crippen LogP contribution in [0.5, 0.6) is 5.88 Å². The first kappa shape index (κ1) is 12.3. The lowest BCUT2D eigenvalue weighted by Crippen LogP contribution is -2.12. The Kier molecular flexibility index (Phi) is 4.31. The molecular formula is C13H19FN2O. The molecule has 1 aromatic rings. The minimum atomic E-state index is -0.333. The van der Waals surface area contributed by atoms with E-state index in [9.17, 15) is 4.39 Å². The Morgan fingerprint density at radius 1 is 1.47 bits per heavy atom. The first-order valence-corrected chi connectivity index (χ1v) is 6.22. The van der Waals surface area contributed by atoms with Crippen LogP contribution in [-0.4, -0.2) is 18.6 Å². The largest absolute Gasteiger partial charge is 0.475 e. The van der Waals surface area contributed by atoms with E-state index in [4.69, 9.17) is 4.74 Å². The number of halogens is 1. The molecule has 0 amide bonds. The highest BCUT2D eigenvalue weighted by atomic mass is 19.1. The van der Waals surface area contributed by atoms with Gasteiger partial charge in [0.25, 0.3) is 5.88 Å². The molecule has 0 saturated heterocycles. The molecule has 0 spiro atoms. The van der Waals surface area contributed by atoms with Crippen LogP contribution < -0.4 is 10.1 Å². The lowest BCUT2D eigenvalue weighted by atomic mass is 10.1. The van der Waals surface area contributed by atoms with E-state index >= 15 is 0 Å². The van der Waals surface area contributed by atoms with Gasteiger partial charge in [-0.25, -0.2) is 9.37 Å². The van der Waals surface area contributed by atoms with Gasteiger partial charge in [0.1, 0.15) is 0 Å². The van der Waals surface area contributed by atoms with E-state index in [0.717, 1.165) is 0 Å². The molecule has 1 fully saturated rings. The maximum atomic E-state index is 13.9. The average molecular weight is 238 g/mol. The van der Waals surface area contributed by atoms with Crippen molar-refractivity contribution in [2.75, 3.05) is 13.7 Å². The van der Waals surface area contributed by atoms with Crippen molar-refractivity contribution in [2.45, 2.75) is 32.2 Å². The fraction of sp³-hybridized carbons (Fsp3) is 0.615. The van der Waals surface area contributed by atoms with Gasteiger partial charge in [0.05, 0.1) is 6.61 Å². The summed E-state index contributed by atoms with van der Waals surface area (Å²) in [4.78, 5) is 3.96. The summed E-state index contributed by atoms with van der Waals surface area (Å²) < 4.78 is 19.4. The van der Waals surface area contributed by atoms with Crippen LogP contribution in [0.1, 0.15) is 31.2 Å². The summed E-state index contributed by atoms with van der Waals surface area (Å²) in [6.45, 7) is 1.08. The lowest BCUT2D eigenvalue weighted by molar-refractivity contribution is 0.232. The van der Waals surface area contributed by atoms with Gasteiger partial charge in [-0.15, -0.1) is 0 Å². The zero-order chi connectivity index (χ0) is 12.1. The summed E-state index contributed by atoms with van der Waals surface area (Å²) in [6, 6.07) is 1.67. The summed E-state index contributed by atoms with van der Waals surface area (Å²) >= 11 is 0. The first-order valence-electron chi connectivity index (χ1n) is 6.22. The van der Waals surface area contributed by atoms with Gasteiger partial charge in [0.15, 0.2) is 5.82 Å². The van der Waals surface area contributed by atoms with E-state index in [1.54, 1.807) is 19.3 Å². The van der Waals surface area contributed by atoms with Crippen LogP contribution in [0.15, 0.2) is 12.3 Å². The third-order valence-electron chi connectivity index (χ3n) is 3.23. The highest BCUT2D eigenvalue weighted by Gasteiger charge is 2.17. The van der Waals surface area contributed by atoms with Crippen molar-refractivity contribution in [3.63, 3.8) is 0 Å². The second-order valence-electron chi connectivity index (χ2n) is 4.58. The molecule has 1 N–H and O–H groups in total. The van der Waals surface area contributed by atoms with Gasteiger partial charge in [-0.2, -0.15) is 0 Å². The molecule has 0 bridgehead atoms. The molecule has 0 atom stereocenters. The molecule has 0 unspecified atom stereocenters. The Balaban J connectivity index is 1.97. The molecule has 17 heavy (non-hydrogen) atoms. The molecule has 2 rings (SSSR count). The van der Waals surface area contributed by atoms with E-state index in [1.165, 1.54) is 25.7 Å². The lowest BCUT2D eigenvalue weighted by Gasteiger charge is -2.12. The molecule has 1 aliphatic carbocycles. The van der Waals surface area contributed by atoms with Crippen LogP contribution in [0.3, 0.4) is 0 Å². The van der Waals surface area contributed by atoms with Gasteiger partial charge >= 0.3 is 0 Å². The van der Waals surface area contributed by atoms with Gasteiger partial charge in [-0.1, -0.05) is 12.8 Å². The van der Waals surface area contributed by atoms with Crippen molar-refractivity contribution < 1.29 is 9.13 Å². The predicted molar refractivity (Wildman–Crippen MR) is 64.4 cm³/mol. The Morgan fingerprint density at radius 3 is 2.94 bits per heavy atom. The minimum absolute atomic E-state index is 0.143. The highest BCUT2D eigenvalue weighted by molar-refractivity contribution is 5.23. The minimum Gasteiger partial charge on any atom is -0.475 e. The van der Waals surface area contributed by atoms with Crippen LogP contribution >= 0.6 is 0 Å². The highest BCUT2D eigenvalue weighted by Crippen LogP contribution is 2.26. The summed E-state index contributed by atoms with van der Waals surface area (Å²) in [5.74, 6) is 0.383. The number of pyridine rings is 1. The van der Waals surface area contributed by atoms with Crippen LogP contribution in [0.25, 0.3) is 0 Å². The van der Waals surface area contributed by atoms with Gasteiger partial charge in [0, 0.05) is 18.3 Å². The molecule has 4 heteroatoms. The van der Waals surface area contributed by atoms with Crippen LogP contribution in [-0.2, 0) is 6.54 Å². The van der Waals surface area contributed by atoms with Crippen molar-refractivity contribution in [1.82, 2.24) is 10.3 Å². The number of nitrogens with one attached hydrogen (secondary N) is 1. The normalized spacial score (nSPS) is 16.4. The van der Waals surface area contributed by atoms with Crippen LogP contribution in [0.4, 0.5) is 4.39 Å². The van der Waals surface area contributed by atoms with Crippen molar-refractivity contribution in [3.8, 4) is 5.88 Å². The molecule has 3 nitrogen and oxygen atoms in total. The molecule has 0 aliphatic heterocycles. The molecule has 94 valence electrons. The van der Waals surface area contributed by atoms with Crippen molar-refractivity contribution in [3.05, 3.63) is 23.6 Å². The maximum absolute atomic E-state index is 13.9. The Labute approximate surface area is 101 Å². The van der Waals surface area contributed by atoms with E-state index in [2.05, 4.69) is 10.3 Å². The smallest absolute Gasteiger partial charge is 0.250 e. The second kappa shape index (κ2) is 5.96. The quantitative estimate of drug-likeness (QED) is 0.855. The molecule has 1 aromatic heterocycles. The van der Waals surface area contributed by atoms with Gasteiger partial charge in [-0.05, 0) is 31.9 Å². The SMILES string of the molecule is CNCc1ccnc(OCC2CCCC2)c1F. The number of aromatic nitrogens is 1. The van der Waals surface area contributed by atoms with Crippen molar-refractivity contribution in [1.29, 1.82) is 0 Å². The average Bonchev–Trinajstić information content (AvgIpc) is 2.83. The summed E-state index contributed by atoms with van der Waals surface area (Å²) in [5.41, 5.74) is 0.601. The van der Waals surface area contributed by atoms with Gasteiger partial charge in [-0.3, -0.25) is 0 Å². The Hall–Kier alpha value is -1.16.